The molecule has 0 saturated heterocycles. The van der Waals surface area contributed by atoms with Crippen LogP contribution in [0.2, 0.25) is 0 Å². The number of anilines is 2. The van der Waals surface area contributed by atoms with Crippen LogP contribution in [0.15, 0.2) is 24.5 Å². The van der Waals surface area contributed by atoms with E-state index in [2.05, 4.69) is 25.5 Å². The Morgan fingerprint density at radius 3 is 3.19 bits per heavy atom. The van der Waals surface area contributed by atoms with Crippen molar-refractivity contribution < 1.29 is 4.39 Å². The van der Waals surface area contributed by atoms with Crippen molar-refractivity contribution in [1.82, 2.24) is 20.2 Å². The van der Waals surface area contributed by atoms with Crippen molar-refractivity contribution in [2.24, 2.45) is 0 Å². The number of aryl methyl sites for hydroxylation is 2. The summed E-state index contributed by atoms with van der Waals surface area (Å²) in [6.07, 6.45) is 6.38. The molecule has 4 rings (SSSR count). The summed E-state index contributed by atoms with van der Waals surface area (Å²) in [4.78, 5) is 9.80. The molecule has 106 valence electrons. The largest absolute Gasteiger partial charge is 0.314 e. The molecule has 0 fully saturated rings. The summed E-state index contributed by atoms with van der Waals surface area (Å²) in [7, 11) is 0. The van der Waals surface area contributed by atoms with Gasteiger partial charge >= 0.3 is 0 Å². The van der Waals surface area contributed by atoms with E-state index in [9.17, 15) is 4.39 Å². The molecule has 0 spiro atoms. The molecular weight excluding hydrogens is 289 g/mol. The van der Waals surface area contributed by atoms with Gasteiger partial charge in [-0.15, -0.1) is 11.3 Å². The molecule has 5 nitrogen and oxygen atoms in total. The van der Waals surface area contributed by atoms with Gasteiger partial charge in [-0.3, -0.25) is 5.10 Å². The number of aromatic nitrogens is 4. The molecule has 0 aliphatic heterocycles. The highest BCUT2D eigenvalue weighted by molar-refractivity contribution is 7.16. The quantitative estimate of drug-likeness (QED) is 0.762. The van der Waals surface area contributed by atoms with Crippen molar-refractivity contribution in [3.05, 3.63) is 40.9 Å². The monoisotopic (exact) mass is 301 g/mol. The second-order valence-electron chi connectivity index (χ2n) is 4.87. The zero-order chi connectivity index (χ0) is 14.2. The Morgan fingerprint density at radius 2 is 2.29 bits per heavy atom. The molecular formula is C14H12FN5S. The highest BCUT2D eigenvalue weighted by Gasteiger charge is 2.21. The van der Waals surface area contributed by atoms with Crippen LogP contribution >= 0.6 is 11.3 Å². The van der Waals surface area contributed by atoms with Gasteiger partial charge in [-0.25, -0.2) is 14.4 Å². The third-order valence-corrected chi connectivity index (χ3v) is 4.52. The standard InChI is InChI=1S/C14H12FN5S/c15-9-3-2-6-16-13(9)19-14-18-12-8-7-17-20-10(8)4-1-5-11(12)21-14/h2-3,6-7H,1,4-5H2,(H,17,20)(H,16,18,19). The van der Waals surface area contributed by atoms with Gasteiger partial charge in [-0.1, -0.05) is 0 Å². The number of pyridine rings is 1. The first-order chi connectivity index (χ1) is 10.3. The van der Waals surface area contributed by atoms with E-state index in [1.807, 2.05) is 6.20 Å². The number of nitrogens with one attached hydrogen (secondary N) is 2. The van der Waals surface area contributed by atoms with E-state index in [0.717, 1.165) is 36.2 Å². The van der Waals surface area contributed by atoms with Gasteiger partial charge in [0.05, 0.1) is 11.9 Å². The van der Waals surface area contributed by atoms with Gasteiger partial charge in [-0.05, 0) is 31.4 Å². The van der Waals surface area contributed by atoms with Crippen molar-refractivity contribution >= 4 is 22.3 Å². The predicted octanol–water partition coefficient (Wildman–Crippen LogP) is 3.30. The number of hydrogen-bond donors (Lipinski definition) is 2. The third kappa shape index (κ3) is 2.19. The molecule has 0 radical (unpaired) electrons. The molecule has 0 atom stereocenters. The Kier molecular flexibility index (Phi) is 2.92. The molecule has 1 aliphatic rings. The van der Waals surface area contributed by atoms with Crippen molar-refractivity contribution in [3.63, 3.8) is 0 Å². The molecule has 1 aliphatic carbocycles. The van der Waals surface area contributed by atoms with Crippen molar-refractivity contribution in [2.75, 3.05) is 5.32 Å². The van der Waals surface area contributed by atoms with E-state index in [-0.39, 0.29) is 11.6 Å². The number of H-pyrrole nitrogens is 1. The highest BCUT2D eigenvalue weighted by atomic mass is 32.1. The number of halogens is 1. The van der Waals surface area contributed by atoms with E-state index >= 15 is 0 Å². The molecule has 21 heavy (non-hydrogen) atoms. The molecule has 2 N–H and O–H groups in total. The van der Waals surface area contributed by atoms with Gasteiger partial charge in [-0.2, -0.15) is 5.10 Å². The maximum Gasteiger partial charge on any atom is 0.189 e. The molecule has 7 heteroatoms. The lowest BCUT2D eigenvalue weighted by molar-refractivity contribution is 0.626. The first-order valence-corrected chi connectivity index (χ1v) is 7.53. The van der Waals surface area contributed by atoms with Gasteiger partial charge in [0.1, 0.15) is 0 Å². The molecule has 0 saturated carbocycles. The minimum Gasteiger partial charge on any atom is -0.314 e. The Bertz CT molecular complexity index is 794. The van der Waals surface area contributed by atoms with Crippen LogP contribution < -0.4 is 5.32 Å². The zero-order valence-corrected chi connectivity index (χ0v) is 11.9. The number of fused-ring (bicyclic) bond motifs is 3. The van der Waals surface area contributed by atoms with Gasteiger partial charge < -0.3 is 5.32 Å². The van der Waals surface area contributed by atoms with Crippen molar-refractivity contribution in [1.29, 1.82) is 0 Å². The topological polar surface area (TPSA) is 66.5 Å². The zero-order valence-electron chi connectivity index (χ0n) is 11.1. The van der Waals surface area contributed by atoms with Crippen LogP contribution in [-0.4, -0.2) is 20.2 Å². The summed E-state index contributed by atoms with van der Waals surface area (Å²) in [5.74, 6) is -0.180. The van der Waals surface area contributed by atoms with E-state index in [4.69, 9.17) is 0 Å². The van der Waals surface area contributed by atoms with Crippen molar-refractivity contribution in [3.8, 4) is 11.3 Å². The van der Waals surface area contributed by atoms with Gasteiger partial charge in [0.25, 0.3) is 0 Å². The number of thiazole rings is 1. The van der Waals surface area contributed by atoms with Crippen LogP contribution in [0, 0.1) is 5.82 Å². The van der Waals surface area contributed by atoms with Crippen molar-refractivity contribution in [2.45, 2.75) is 19.3 Å². The first kappa shape index (κ1) is 12.5. The summed E-state index contributed by atoms with van der Waals surface area (Å²) >= 11 is 1.55. The summed E-state index contributed by atoms with van der Waals surface area (Å²) in [6, 6.07) is 2.94. The second-order valence-corrected chi connectivity index (χ2v) is 5.95. The van der Waals surface area contributed by atoms with Crippen LogP contribution in [0.3, 0.4) is 0 Å². The molecule has 3 aromatic heterocycles. The molecule has 3 aromatic rings. The van der Waals surface area contributed by atoms with Crippen LogP contribution in [0.1, 0.15) is 17.0 Å². The second kappa shape index (κ2) is 4.92. The molecule has 0 bridgehead atoms. The van der Waals surface area contributed by atoms with Gasteiger partial charge in [0.15, 0.2) is 16.8 Å². The normalized spacial score (nSPS) is 13.4. The fraction of sp³-hybridized carbons (Fsp3) is 0.214. The first-order valence-electron chi connectivity index (χ1n) is 6.71. The number of nitrogens with zero attached hydrogens (tertiary/aromatic N) is 3. The summed E-state index contributed by atoms with van der Waals surface area (Å²) < 4.78 is 13.7. The average Bonchev–Trinajstić information content (AvgIpc) is 3.06. The number of aromatic amines is 1. The van der Waals surface area contributed by atoms with E-state index in [0.29, 0.717) is 5.13 Å². The van der Waals surface area contributed by atoms with Crippen LogP contribution in [-0.2, 0) is 12.8 Å². The lowest BCUT2D eigenvalue weighted by Crippen LogP contribution is -1.96. The number of rotatable bonds is 2. The lowest BCUT2D eigenvalue weighted by atomic mass is 10.2. The van der Waals surface area contributed by atoms with Gasteiger partial charge in [0, 0.05) is 22.3 Å². The van der Waals surface area contributed by atoms with Crippen LogP contribution in [0.4, 0.5) is 15.3 Å². The van der Waals surface area contributed by atoms with Gasteiger partial charge in [0.2, 0.25) is 0 Å². The molecule has 0 unspecified atom stereocenters. The van der Waals surface area contributed by atoms with Crippen LogP contribution in [0.5, 0.6) is 0 Å². The maximum absolute atomic E-state index is 13.7. The average molecular weight is 301 g/mol. The SMILES string of the molecule is Fc1cccnc1Nc1nc2c(s1)CCCc1[nH]ncc1-2. The molecule has 0 aromatic carbocycles. The summed E-state index contributed by atoms with van der Waals surface area (Å²) in [5.41, 5.74) is 3.11. The van der Waals surface area contributed by atoms with E-state index in [1.165, 1.54) is 10.9 Å². The smallest absolute Gasteiger partial charge is 0.189 e. The Morgan fingerprint density at radius 1 is 1.33 bits per heavy atom. The Hall–Kier alpha value is -2.28. The number of hydrogen-bond acceptors (Lipinski definition) is 5. The van der Waals surface area contributed by atoms with Crippen LogP contribution in [0.25, 0.3) is 11.3 Å². The summed E-state index contributed by atoms with van der Waals surface area (Å²) in [6.45, 7) is 0. The Balaban J connectivity index is 1.72. The lowest BCUT2D eigenvalue weighted by Gasteiger charge is -2.01. The summed E-state index contributed by atoms with van der Waals surface area (Å²) in [5, 5.41) is 10.7. The Labute approximate surface area is 124 Å². The molecule has 3 heterocycles. The fourth-order valence-corrected chi connectivity index (χ4v) is 3.51. The minimum atomic E-state index is -0.383. The van der Waals surface area contributed by atoms with E-state index in [1.54, 1.807) is 23.6 Å². The minimum absolute atomic E-state index is 0.203. The fourth-order valence-electron chi connectivity index (χ4n) is 2.50. The highest BCUT2D eigenvalue weighted by Crippen LogP contribution is 2.37. The maximum atomic E-state index is 13.7. The molecule has 0 amide bonds. The third-order valence-electron chi connectivity index (χ3n) is 3.49. The van der Waals surface area contributed by atoms with E-state index < -0.39 is 0 Å². The predicted molar refractivity (Wildman–Crippen MR) is 79.2 cm³/mol.